The molecule has 0 unspecified atom stereocenters. The van der Waals surface area contributed by atoms with E-state index in [2.05, 4.69) is 10.6 Å². The number of nitrogens with one attached hydrogen (secondary N) is 2. The van der Waals surface area contributed by atoms with Crippen LogP contribution < -0.4 is 20.3 Å². The molecule has 0 saturated heterocycles. The molecular formula is C33H26ClN3O6. The third kappa shape index (κ3) is 6.74. The molecule has 0 radical (unpaired) electrons. The Morgan fingerprint density at radius 1 is 0.767 bits per heavy atom. The molecule has 5 rings (SSSR count). The van der Waals surface area contributed by atoms with Gasteiger partial charge in [0.05, 0.1) is 17.9 Å². The average Bonchev–Trinajstić information content (AvgIpc) is 3.24. The van der Waals surface area contributed by atoms with E-state index in [1.54, 1.807) is 42.5 Å². The summed E-state index contributed by atoms with van der Waals surface area (Å²) in [4.78, 5) is 52.1. The van der Waals surface area contributed by atoms with E-state index in [0.717, 1.165) is 4.90 Å². The molecule has 10 heteroatoms. The lowest BCUT2D eigenvalue weighted by atomic mass is 10.1. The monoisotopic (exact) mass is 595 g/mol. The number of halogens is 1. The molecule has 4 aromatic carbocycles. The lowest BCUT2D eigenvalue weighted by molar-refractivity contribution is -0.120. The molecule has 1 aliphatic heterocycles. The Hall–Kier alpha value is -5.41. The van der Waals surface area contributed by atoms with Gasteiger partial charge in [0.15, 0.2) is 0 Å². The van der Waals surface area contributed by atoms with Crippen molar-refractivity contribution >= 4 is 52.4 Å². The standard InChI is InChI=1S/C33H26ClN3O6/c1-2-19-42-33(41)21-11-15-25(16-12-21)37-31(39)28(34)29(32(37)40)35-24-8-6-7-22(20-24)30(38)36-23-13-17-27(18-14-23)43-26-9-4-3-5-10-26/h3-18,20,35H,2,19H2,1H3,(H,36,38). The largest absolute Gasteiger partial charge is 0.462 e. The van der Waals surface area contributed by atoms with Crippen molar-refractivity contribution in [1.29, 1.82) is 0 Å². The van der Waals surface area contributed by atoms with Crippen LogP contribution in [0.25, 0.3) is 0 Å². The number of esters is 1. The zero-order valence-corrected chi connectivity index (χ0v) is 23.8. The number of anilines is 3. The van der Waals surface area contributed by atoms with Gasteiger partial charge >= 0.3 is 5.97 Å². The molecule has 0 atom stereocenters. The van der Waals surface area contributed by atoms with E-state index in [1.807, 2.05) is 37.3 Å². The first kappa shape index (κ1) is 29.1. The van der Waals surface area contributed by atoms with Crippen LogP contribution in [0, 0.1) is 0 Å². The van der Waals surface area contributed by atoms with Crippen molar-refractivity contribution in [3.05, 3.63) is 125 Å². The number of benzene rings is 4. The lowest BCUT2D eigenvalue weighted by Crippen LogP contribution is -2.32. The average molecular weight is 596 g/mol. The quantitative estimate of drug-likeness (QED) is 0.154. The van der Waals surface area contributed by atoms with Gasteiger partial charge in [-0.15, -0.1) is 0 Å². The predicted molar refractivity (Wildman–Crippen MR) is 163 cm³/mol. The Labute approximate surface area is 252 Å². The summed E-state index contributed by atoms with van der Waals surface area (Å²) in [6.07, 6.45) is 0.688. The fraction of sp³-hybridized carbons (Fsp3) is 0.0909. The van der Waals surface area contributed by atoms with Crippen molar-refractivity contribution in [3.8, 4) is 11.5 Å². The summed E-state index contributed by atoms with van der Waals surface area (Å²) in [7, 11) is 0. The van der Waals surface area contributed by atoms with Crippen LogP contribution in [0.15, 0.2) is 114 Å². The SMILES string of the molecule is CCCOC(=O)c1ccc(N2C(=O)C(Cl)=C(Nc3cccc(C(=O)Nc4ccc(Oc5ccccc5)cc4)c3)C2=O)cc1. The highest BCUT2D eigenvalue weighted by molar-refractivity contribution is 6.53. The van der Waals surface area contributed by atoms with Crippen LogP contribution in [-0.2, 0) is 14.3 Å². The third-order valence-corrected chi connectivity index (χ3v) is 6.66. The summed E-state index contributed by atoms with van der Waals surface area (Å²) >= 11 is 6.27. The molecule has 4 aromatic rings. The molecule has 1 aliphatic rings. The fourth-order valence-electron chi connectivity index (χ4n) is 4.19. The first-order valence-corrected chi connectivity index (χ1v) is 13.8. The fourth-order valence-corrected chi connectivity index (χ4v) is 4.40. The normalized spacial score (nSPS) is 12.7. The van der Waals surface area contributed by atoms with E-state index in [4.69, 9.17) is 21.1 Å². The number of para-hydroxylation sites is 1. The summed E-state index contributed by atoms with van der Waals surface area (Å²) < 4.78 is 10.9. The van der Waals surface area contributed by atoms with Gasteiger partial charge in [-0.1, -0.05) is 42.8 Å². The maximum atomic E-state index is 13.2. The van der Waals surface area contributed by atoms with E-state index >= 15 is 0 Å². The van der Waals surface area contributed by atoms with Gasteiger partial charge in [-0.3, -0.25) is 14.4 Å². The van der Waals surface area contributed by atoms with Gasteiger partial charge in [-0.25, -0.2) is 9.69 Å². The van der Waals surface area contributed by atoms with Crippen LogP contribution in [-0.4, -0.2) is 30.3 Å². The molecule has 216 valence electrons. The van der Waals surface area contributed by atoms with Crippen LogP contribution in [0.3, 0.4) is 0 Å². The Kier molecular flexibility index (Phi) is 8.83. The molecule has 0 aliphatic carbocycles. The Morgan fingerprint density at radius 3 is 2.16 bits per heavy atom. The molecule has 1 heterocycles. The number of nitrogens with zero attached hydrogens (tertiary/aromatic N) is 1. The van der Waals surface area contributed by atoms with Crippen molar-refractivity contribution in [2.75, 3.05) is 22.1 Å². The second kappa shape index (κ2) is 13.1. The van der Waals surface area contributed by atoms with Crippen molar-refractivity contribution in [1.82, 2.24) is 0 Å². The minimum absolute atomic E-state index is 0.135. The van der Waals surface area contributed by atoms with Crippen molar-refractivity contribution in [2.24, 2.45) is 0 Å². The Balaban J connectivity index is 1.24. The lowest BCUT2D eigenvalue weighted by Gasteiger charge is -2.15. The van der Waals surface area contributed by atoms with E-state index in [-0.39, 0.29) is 22.3 Å². The number of hydrogen-bond acceptors (Lipinski definition) is 7. The predicted octanol–water partition coefficient (Wildman–Crippen LogP) is 6.73. The van der Waals surface area contributed by atoms with Crippen molar-refractivity contribution < 1.29 is 28.7 Å². The van der Waals surface area contributed by atoms with E-state index < -0.39 is 17.8 Å². The van der Waals surface area contributed by atoms with Crippen LogP contribution in [0.1, 0.15) is 34.1 Å². The van der Waals surface area contributed by atoms with E-state index in [9.17, 15) is 19.2 Å². The number of carbonyl (C=O) groups excluding carboxylic acids is 4. The molecule has 3 amide bonds. The minimum Gasteiger partial charge on any atom is -0.462 e. The minimum atomic E-state index is -0.718. The molecule has 43 heavy (non-hydrogen) atoms. The smallest absolute Gasteiger partial charge is 0.338 e. The first-order valence-electron chi connectivity index (χ1n) is 13.4. The van der Waals surface area contributed by atoms with Crippen LogP contribution in [0.4, 0.5) is 17.1 Å². The topological polar surface area (TPSA) is 114 Å². The van der Waals surface area contributed by atoms with Crippen molar-refractivity contribution in [3.63, 3.8) is 0 Å². The molecule has 0 aromatic heterocycles. The first-order chi connectivity index (χ1) is 20.8. The highest BCUT2D eigenvalue weighted by atomic mass is 35.5. The van der Waals surface area contributed by atoms with E-state index in [1.165, 1.54) is 30.3 Å². The molecule has 0 fully saturated rings. The molecule has 0 spiro atoms. The summed E-state index contributed by atoms with van der Waals surface area (Å²) in [5.41, 5.74) is 1.65. The number of ether oxygens (including phenoxy) is 2. The number of hydrogen-bond donors (Lipinski definition) is 2. The maximum Gasteiger partial charge on any atom is 0.338 e. The van der Waals surface area contributed by atoms with Crippen LogP contribution in [0.2, 0.25) is 0 Å². The molecule has 0 saturated carbocycles. The summed E-state index contributed by atoms with van der Waals surface area (Å²) in [6.45, 7) is 2.18. The van der Waals surface area contributed by atoms with E-state index in [0.29, 0.717) is 47.0 Å². The summed E-state index contributed by atoms with van der Waals surface area (Å²) in [5, 5.41) is 5.40. The number of imide groups is 1. The van der Waals surface area contributed by atoms with Gasteiger partial charge in [-0.2, -0.15) is 0 Å². The molecule has 2 N–H and O–H groups in total. The number of rotatable bonds is 10. The highest BCUT2D eigenvalue weighted by Gasteiger charge is 2.39. The third-order valence-electron chi connectivity index (χ3n) is 6.31. The maximum absolute atomic E-state index is 13.2. The van der Waals surface area contributed by atoms with Gasteiger partial charge in [0.1, 0.15) is 22.2 Å². The number of carbonyl (C=O) groups is 4. The van der Waals surface area contributed by atoms with Gasteiger partial charge in [-0.05, 0) is 85.3 Å². The van der Waals surface area contributed by atoms with Crippen molar-refractivity contribution in [2.45, 2.75) is 13.3 Å². The van der Waals surface area contributed by atoms with Gasteiger partial charge in [0, 0.05) is 16.9 Å². The zero-order valence-electron chi connectivity index (χ0n) is 23.0. The Bertz CT molecular complexity index is 1700. The van der Waals surface area contributed by atoms with Crippen LogP contribution in [0.5, 0.6) is 11.5 Å². The highest BCUT2D eigenvalue weighted by Crippen LogP contribution is 2.31. The second-order valence-electron chi connectivity index (χ2n) is 9.42. The molecule has 0 bridgehead atoms. The number of amides is 3. The summed E-state index contributed by atoms with van der Waals surface area (Å²) in [6, 6.07) is 28.6. The Morgan fingerprint density at radius 2 is 1.47 bits per heavy atom. The van der Waals surface area contributed by atoms with Gasteiger partial charge in [0.25, 0.3) is 17.7 Å². The second-order valence-corrected chi connectivity index (χ2v) is 9.79. The zero-order chi connectivity index (χ0) is 30.3. The molecular weight excluding hydrogens is 570 g/mol. The van der Waals surface area contributed by atoms with Gasteiger partial charge < -0.3 is 20.1 Å². The van der Waals surface area contributed by atoms with Gasteiger partial charge in [0.2, 0.25) is 0 Å². The summed E-state index contributed by atoms with van der Waals surface area (Å²) in [5.74, 6) is -0.951. The van der Waals surface area contributed by atoms with Crippen LogP contribution >= 0.6 is 11.6 Å². The molecule has 9 nitrogen and oxygen atoms in total.